The minimum atomic E-state index is 0.707. The van der Waals surface area contributed by atoms with E-state index in [1.165, 1.54) is 31.4 Å². The van der Waals surface area contributed by atoms with Crippen LogP contribution in [0.1, 0.15) is 46.0 Å². The molecule has 1 aromatic carbocycles. The monoisotopic (exact) mass is 344 g/mol. The second-order valence-electron chi connectivity index (χ2n) is 7.42. The van der Waals surface area contributed by atoms with Gasteiger partial charge in [0.1, 0.15) is 5.75 Å². The highest BCUT2D eigenvalue weighted by molar-refractivity contribution is 5.20. The lowest BCUT2D eigenvalue weighted by atomic mass is 9.75. The van der Waals surface area contributed by atoms with Crippen molar-refractivity contribution in [2.45, 2.75) is 52.0 Å². The molecule has 140 valence electrons. The highest BCUT2D eigenvalue weighted by Crippen LogP contribution is 2.33. The molecule has 0 spiro atoms. The van der Waals surface area contributed by atoms with E-state index >= 15 is 0 Å². The zero-order chi connectivity index (χ0) is 18.1. The first kappa shape index (κ1) is 19.8. The number of ether oxygens (including phenoxy) is 1. The van der Waals surface area contributed by atoms with Crippen molar-refractivity contribution < 1.29 is 4.74 Å². The number of rotatable bonds is 10. The summed E-state index contributed by atoms with van der Waals surface area (Å²) in [5.41, 5.74) is 1.19. The summed E-state index contributed by atoms with van der Waals surface area (Å²) in [7, 11) is 2.10. The Labute approximate surface area is 154 Å². The molecular formula is C22H36N2O. The van der Waals surface area contributed by atoms with Crippen molar-refractivity contribution in [1.82, 2.24) is 10.2 Å². The third kappa shape index (κ3) is 6.39. The van der Waals surface area contributed by atoms with E-state index < -0.39 is 0 Å². The molecule has 1 aliphatic rings. The lowest BCUT2D eigenvalue weighted by Gasteiger charge is -2.39. The molecule has 1 fully saturated rings. The predicted octanol–water partition coefficient (Wildman–Crippen LogP) is 4.71. The number of allylic oxidation sites excluding steroid dienone is 1. The van der Waals surface area contributed by atoms with Gasteiger partial charge in [-0.05, 0) is 63.6 Å². The van der Waals surface area contributed by atoms with Gasteiger partial charge in [-0.2, -0.15) is 0 Å². The average Bonchev–Trinajstić information content (AvgIpc) is 2.64. The van der Waals surface area contributed by atoms with Gasteiger partial charge in [-0.15, -0.1) is 0 Å². The Hall–Kier alpha value is -1.48. The van der Waals surface area contributed by atoms with Crippen LogP contribution in [0.25, 0.3) is 0 Å². The maximum absolute atomic E-state index is 5.83. The molecule has 1 N–H and O–H groups in total. The average molecular weight is 345 g/mol. The molecule has 3 heteroatoms. The fraction of sp³-hybridized carbons (Fsp3) is 0.636. The first-order valence-electron chi connectivity index (χ1n) is 9.89. The Morgan fingerprint density at radius 2 is 2.00 bits per heavy atom. The summed E-state index contributed by atoms with van der Waals surface area (Å²) in [6.45, 7) is 11.6. The molecule has 3 unspecified atom stereocenters. The van der Waals surface area contributed by atoms with E-state index in [4.69, 9.17) is 4.74 Å². The van der Waals surface area contributed by atoms with Crippen molar-refractivity contribution in [3.63, 3.8) is 0 Å². The summed E-state index contributed by atoms with van der Waals surface area (Å²) in [4.78, 5) is 2.47. The minimum absolute atomic E-state index is 0.707. The molecule has 3 atom stereocenters. The number of hydrogen-bond acceptors (Lipinski definition) is 3. The maximum atomic E-state index is 5.83. The Morgan fingerprint density at radius 1 is 1.24 bits per heavy atom. The SMILES string of the molecule is C=C(C)N(CCCOc1ccccc1)CC1CCC(NC)CC1CC. The molecular weight excluding hydrogens is 308 g/mol. The summed E-state index contributed by atoms with van der Waals surface area (Å²) in [6.07, 6.45) is 6.26. The fourth-order valence-electron chi connectivity index (χ4n) is 4.01. The van der Waals surface area contributed by atoms with E-state index in [0.29, 0.717) is 6.04 Å². The van der Waals surface area contributed by atoms with Crippen molar-refractivity contribution in [2.24, 2.45) is 11.8 Å². The number of hydrogen-bond donors (Lipinski definition) is 1. The van der Waals surface area contributed by atoms with Crippen LogP contribution >= 0.6 is 0 Å². The van der Waals surface area contributed by atoms with Gasteiger partial charge in [-0.1, -0.05) is 38.1 Å². The van der Waals surface area contributed by atoms with Crippen LogP contribution in [0.15, 0.2) is 42.6 Å². The van der Waals surface area contributed by atoms with Gasteiger partial charge in [0.25, 0.3) is 0 Å². The molecule has 0 saturated heterocycles. The molecule has 2 rings (SSSR count). The molecule has 0 aliphatic heterocycles. The van der Waals surface area contributed by atoms with Crippen LogP contribution in [0.4, 0.5) is 0 Å². The van der Waals surface area contributed by atoms with Crippen LogP contribution < -0.4 is 10.1 Å². The van der Waals surface area contributed by atoms with Gasteiger partial charge < -0.3 is 15.0 Å². The standard InChI is InChI=1S/C22H36N2O/c1-5-19-16-21(23-4)13-12-20(19)17-24(18(2)3)14-9-15-25-22-10-7-6-8-11-22/h6-8,10-11,19-21,23H,2,5,9,12-17H2,1,3-4H3. The molecule has 3 nitrogen and oxygen atoms in total. The van der Waals surface area contributed by atoms with E-state index in [1.54, 1.807) is 0 Å². The lowest BCUT2D eigenvalue weighted by molar-refractivity contribution is 0.146. The Balaban J connectivity index is 1.78. The molecule has 1 aliphatic carbocycles. The highest BCUT2D eigenvalue weighted by Gasteiger charge is 2.29. The molecule has 25 heavy (non-hydrogen) atoms. The topological polar surface area (TPSA) is 24.5 Å². The van der Waals surface area contributed by atoms with Gasteiger partial charge >= 0.3 is 0 Å². The van der Waals surface area contributed by atoms with E-state index in [-0.39, 0.29) is 0 Å². The number of nitrogens with zero attached hydrogens (tertiary/aromatic N) is 1. The highest BCUT2D eigenvalue weighted by atomic mass is 16.5. The molecule has 0 bridgehead atoms. The zero-order valence-corrected chi connectivity index (χ0v) is 16.3. The molecule has 0 heterocycles. The molecule has 0 radical (unpaired) electrons. The van der Waals surface area contributed by atoms with Crippen molar-refractivity contribution >= 4 is 0 Å². The Kier molecular flexibility index (Phi) is 8.33. The van der Waals surface area contributed by atoms with Crippen molar-refractivity contribution in [3.05, 3.63) is 42.6 Å². The van der Waals surface area contributed by atoms with Gasteiger partial charge in [0.2, 0.25) is 0 Å². The van der Waals surface area contributed by atoms with Crippen molar-refractivity contribution in [2.75, 3.05) is 26.7 Å². The zero-order valence-electron chi connectivity index (χ0n) is 16.3. The van der Waals surface area contributed by atoms with Gasteiger partial charge in [-0.25, -0.2) is 0 Å². The molecule has 0 aromatic heterocycles. The number of benzene rings is 1. The minimum Gasteiger partial charge on any atom is -0.494 e. The summed E-state index contributed by atoms with van der Waals surface area (Å²) in [6, 6.07) is 10.8. The van der Waals surface area contributed by atoms with Gasteiger partial charge in [0, 0.05) is 24.8 Å². The normalized spacial score (nSPS) is 23.2. The third-order valence-corrected chi connectivity index (χ3v) is 5.65. The summed E-state index contributed by atoms with van der Waals surface area (Å²) in [5.74, 6) is 2.58. The van der Waals surface area contributed by atoms with E-state index in [1.807, 2.05) is 30.3 Å². The summed E-state index contributed by atoms with van der Waals surface area (Å²) in [5, 5.41) is 3.47. The Morgan fingerprint density at radius 3 is 2.64 bits per heavy atom. The van der Waals surface area contributed by atoms with Crippen LogP contribution in [0.5, 0.6) is 5.75 Å². The van der Waals surface area contributed by atoms with Crippen LogP contribution in [0.2, 0.25) is 0 Å². The first-order valence-corrected chi connectivity index (χ1v) is 9.89. The first-order chi connectivity index (χ1) is 12.1. The van der Waals surface area contributed by atoms with Gasteiger partial charge in [0.15, 0.2) is 0 Å². The smallest absolute Gasteiger partial charge is 0.119 e. The quantitative estimate of drug-likeness (QED) is 0.622. The van der Waals surface area contributed by atoms with Crippen molar-refractivity contribution in [1.29, 1.82) is 0 Å². The van der Waals surface area contributed by atoms with Crippen LogP contribution in [-0.2, 0) is 0 Å². The Bertz CT molecular complexity index is 502. The summed E-state index contributed by atoms with van der Waals surface area (Å²) >= 11 is 0. The lowest BCUT2D eigenvalue weighted by Crippen LogP contribution is -2.40. The largest absolute Gasteiger partial charge is 0.494 e. The van der Waals surface area contributed by atoms with Gasteiger partial charge in [0.05, 0.1) is 6.61 Å². The molecule has 1 aromatic rings. The van der Waals surface area contributed by atoms with E-state index in [2.05, 4.69) is 37.7 Å². The van der Waals surface area contributed by atoms with Crippen LogP contribution in [-0.4, -0.2) is 37.7 Å². The maximum Gasteiger partial charge on any atom is 0.119 e. The predicted molar refractivity (Wildman–Crippen MR) is 107 cm³/mol. The summed E-state index contributed by atoms with van der Waals surface area (Å²) < 4.78 is 5.83. The molecule has 0 amide bonds. The number of nitrogens with one attached hydrogen (secondary N) is 1. The second-order valence-corrected chi connectivity index (χ2v) is 7.42. The van der Waals surface area contributed by atoms with Gasteiger partial charge in [-0.3, -0.25) is 0 Å². The van der Waals surface area contributed by atoms with E-state index in [9.17, 15) is 0 Å². The van der Waals surface area contributed by atoms with E-state index in [0.717, 1.165) is 43.7 Å². The van der Waals surface area contributed by atoms with Crippen molar-refractivity contribution in [3.8, 4) is 5.75 Å². The van der Waals surface area contributed by atoms with Crippen LogP contribution in [0.3, 0.4) is 0 Å². The van der Waals surface area contributed by atoms with Crippen LogP contribution in [0, 0.1) is 11.8 Å². The third-order valence-electron chi connectivity index (χ3n) is 5.65. The number of para-hydroxylation sites is 1. The molecule has 1 saturated carbocycles. The second kappa shape index (κ2) is 10.5. The fourth-order valence-corrected chi connectivity index (χ4v) is 4.01.